The highest BCUT2D eigenvalue weighted by Crippen LogP contribution is 2.56. The zero-order valence-electron chi connectivity index (χ0n) is 32.5. The topological polar surface area (TPSA) is 52.6 Å². The lowest BCUT2D eigenvalue weighted by atomic mass is 9.54. The summed E-state index contributed by atoms with van der Waals surface area (Å²) in [5, 5.41) is 0. The Balaban J connectivity index is 1.64. The average Bonchev–Trinajstić information content (AvgIpc) is 3.07. The molecule has 0 aromatic carbocycles. The maximum absolute atomic E-state index is 12.6. The number of ether oxygens (including phenoxy) is 2. The Labute approximate surface area is 299 Å². The van der Waals surface area contributed by atoms with E-state index in [2.05, 4.69) is 13.8 Å². The molecule has 2 fully saturated rings. The molecule has 1 saturated heterocycles. The number of unbranched alkanes of at least 4 members (excludes halogenated alkanes) is 15. The van der Waals surface area contributed by atoms with Crippen molar-refractivity contribution >= 4 is 11.9 Å². The summed E-state index contributed by atoms with van der Waals surface area (Å²) >= 11 is 0. The van der Waals surface area contributed by atoms with E-state index in [4.69, 9.17) is 9.47 Å². The summed E-state index contributed by atoms with van der Waals surface area (Å²) in [5.41, 5.74) is 0.608. The summed E-state index contributed by atoms with van der Waals surface area (Å²) in [6.07, 6.45) is 44.7. The van der Waals surface area contributed by atoms with Crippen molar-refractivity contribution in [2.24, 2.45) is 11.3 Å². The zero-order valence-corrected chi connectivity index (χ0v) is 32.5. The first-order valence-corrected chi connectivity index (χ1v) is 21.9. The molecule has 2 rings (SSSR count). The van der Waals surface area contributed by atoms with Crippen molar-refractivity contribution in [3.05, 3.63) is 0 Å². The molecule has 0 amide bonds. The van der Waals surface area contributed by atoms with Crippen molar-refractivity contribution in [1.82, 2.24) is 0 Å². The monoisotopic (exact) mass is 675 g/mol. The Morgan fingerprint density at radius 1 is 0.625 bits per heavy atom. The normalized spacial score (nSPS) is 23.3. The van der Waals surface area contributed by atoms with Crippen LogP contribution in [0, 0.1) is 11.3 Å². The molecule has 0 aromatic rings. The molecule has 0 spiro atoms. The molecular weight excluding hydrogens is 592 g/mol. The van der Waals surface area contributed by atoms with Gasteiger partial charge in [-0.15, -0.1) is 0 Å². The van der Waals surface area contributed by atoms with E-state index in [0.717, 1.165) is 44.4 Å². The Morgan fingerprint density at radius 3 is 1.92 bits per heavy atom. The van der Waals surface area contributed by atoms with Crippen molar-refractivity contribution in [2.75, 3.05) is 6.61 Å². The van der Waals surface area contributed by atoms with Crippen molar-refractivity contribution in [1.29, 1.82) is 0 Å². The zero-order chi connectivity index (χ0) is 34.4. The maximum Gasteiger partial charge on any atom is 0.306 e. The predicted octanol–water partition coefficient (Wildman–Crippen LogP) is 14.2. The van der Waals surface area contributed by atoms with E-state index in [1.54, 1.807) is 0 Å². The summed E-state index contributed by atoms with van der Waals surface area (Å²) in [6, 6.07) is 0. The number of cyclic esters (lactones) is 1. The quantitative estimate of drug-likeness (QED) is 0.0799. The van der Waals surface area contributed by atoms with Gasteiger partial charge >= 0.3 is 11.9 Å². The van der Waals surface area contributed by atoms with E-state index in [1.165, 1.54) is 180 Å². The van der Waals surface area contributed by atoms with Gasteiger partial charge in [-0.1, -0.05) is 155 Å². The van der Waals surface area contributed by atoms with Gasteiger partial charge in [0.05, 0.1) is 6.61 Å². The van der Waals surface area contributed by atoms with Crippen LogP contribution in [0.4, 0.5) is 0 Å². The van der Waals surface area contributed by atoms with E-state index in [1.807, 2.05) is 0 Å². The van der Waals surface area contributed by atoms with Crippen LogP contribution < -0.4 is 0 Å². The van der Waals surface area contributed by atoms with E-state index in [-0.39, 0.29) is 18.0 Å². The van der Waals surface area contributed by atoms with Gasteiger partial charge in [0, 0.05) is 12.8 Å². The molecule has 4 heteroatoms. The van der Waals surface area contributed by atoms with Gasteiger partial charge in [-0.05, 0) is 88.4 Å². The highest BCUT2D eigenvalue weighted by Gasteiger charge is 2.44. The lowest BCUT2D eigenvalue weighted by Crippen LogP contribution is -2.40. The van der Waals surface area contributed by atoms with Crippen LogP contribution in [0.1, 0.15) is 245 Å². The standard InChI is InChI=1S/C44H82O4/c1-3-5-7-9-11-21-29-39-47-42(45)33-25-15-12-19-27-36-44-37-28-20-13-16-26-34-43(46)48-41(31-23-14-10-8-6-4-2)32-24-18-17-22-30-40(44)35-38-44/h40-41H,3-39H2,1-2H3. The Morgan fingerprint density at radius 2 is 1.21 bits per heavy atom. The number of carbonyl (C=O) groups is 2. The summed E-state index contributed by atoms with van der Waals surface area (Å²) < 4.78 is 11.5. The summed E-state index contributed by atoms with van der Waals surface area (Å²) in [7, 11) is 0. The molecule has 1 saturated carbocycles. The predicted molar refractivity (Wildman–Crippen MR) is 204 cm³/mol. The minimum Gasteiger partial charge on any atom is -0.466 e. The summed E-state index contributed by atoms with van der Waals surface area (Å²) in [4.78, 5) is 24.8. The number of rotatable bonds is 23. The smallest absolute Gasteiger partial charge is 0.306 e. The molecule has 282 valence electrons. The maximum atomic E-state index is 12.6. The lowest BCUT2D eigenvalue weighted by Gasteiger charge is -2.51. The average molecular weight is 675 g/mol. The van der Waals surface area contributed by atoms with Gasteiger partial charge in [0.2, 0.25) is 0 Å². The molecule has 1 heterocycles. The number of carbonyl (C=O) groups excluding carboxylic acids is 2. The third-order valence-electron chi connectivity index (χ3n) is 12.0. The second-order valence-corrected chi connectivity index (χ2v) is 16.1. The minimum absolute atomic E-state index is 0.0160. The van der Waals surface area contributed by atoms with Gasteiger partial charge in [0.15, 0.2) is 0 Å². The molecular formula is C44H82O4. The molecule has 4 nitrogen and oxygen atoms in total. The third-order valence-corrected chi connectivity index (χ3v) is 12.0. The Hall–Kier alpha value is -1.06. The van der Waals surface area contributed by atoms with E-state index >= 15 is 0 Å². The molecule has 3 unspecified atom stereocenters. The number of hydrogen-bond acceptors (Lipinski definition) is 4. The molecule has 1 aliphatic carbocycles. The second kappa shape index (κ2) is 29.6. The van der Waals surface area contributed by atoms with Crippen LogP contribution >= 0.6 is 0 Å². The van der Waals surface area contributed by atoms with Gasteiger partial charge in [-0.25, -0.2) is 0 Å². The van der Waals surface area contributed by atoms with Crippen molar-refractivity contribution in [2.45, 2.75) is 251 Å². The highest BCUT2D eigenvalue weighted by molar-refractivity contribution is 5.69. The molecule has 2 aliphatic rings. The van der Waals surface area contributed by atoms with Crippen LogP contribution in [0.5, 0.6) is 0 Å². The Bertz CT molecular complexity index is 765. The van der Waals surface area contributed by atoms with Crippen LogP contribution in [0.2, 0.25) is 0 Å². The largest absolute Gasteiger partial charge is 0.466 e. The second-order valence-electron chi connectivity index (χ2n) is 16.1. The number of fused-ring (bicyclic) bond motifs is 1. The van der Waals surface area contributed by atoms with E-state index in [0.29, 0.717) is 24.9 Å². The fraction of sp³-hybridized carbons (Fsp3) is 0.955. The van der Waals surface area contributed by atoms with Crippen LogP contribution in [-0.4, -0.2) is 24.6 Å². The molecule has 48 heavy (non-hydrogen) atoms. The SMILES string of the molecule is CCCCCCCCCOC(=O)CCCCCCCC12CCCCCCCC(=O)OC(CCCCCCCC)CCCCCCC1CC2. The van der Waals surface area contributed by atoms with Crippen molar-refractivity contribution in [3.63, 3.8) is 0 Å². The van der Waals surface area contributed by atoms with Crippen LogP contribution in [-0.2, 0) is 19.1 Å². The van der Waals surface area contributed by atoms with Crippen molar-refractivity contribution in [3.8, 4) is 0 Å². The molecule has 0 bridgehead atoms. The van der Waals surface area contributed by atoms with Crippen molar-refractivity contribution < 1.29 is 19.1 Å². The van der Waals surface area contributed by atoms with Gasteiger partial charge in [-0.2, -0.15) is 0 Å². The van der Waals surface area contributed by atoms with Gasteiger partial charge in [0.1, 0.15) is 6.10 Å². The van der Waals surface area contributed by atoms with Gasteiger partial charge in [0.25, 0.3) is 0 Å². The number of hydrogen-bond donors (Lipinski definition) is 0. The first-order valence-electron chi connectivity index (χ1n) is 21.9. The molecule has 0 aromatic heterocycles. The van der Waals surface area contributed by atoms with Crippen LogP contribution in [0.25, 0.3) is 0 Å². The molecule has 3 atom stereocenters. The molecule has 0 N–H and O–H groups in total. The lowest BCUT2D eigenvalue weighted by molar-refractivity contribution is -0.150. The number of esters is 2. The first-order chi connectivity index (χ1) is 23.6. The first kappa shape index (κ1) is 43.1. The third kappa shape index (κ3) is 21.2. The highest BCUT2D eigenvalue weighted by atomic mass is 16.5. The summed E-state index contributed by atoms with van der Waals surface area (Å²) in [5.74, 6) is 1.02. The van der Waals surface area contributed by atoms with Crippen LogP contribution in [0.3, 0.4) is 0 Å². The van der Waals surface area contributed by atoms with Gasteiger partial charge < -0.3 is 9.47 Å². The van der Waals surface area contributed by atoms with E-state index < -0.39 is 0 Å². The summed E-state index contributed by atoms with van der Waals surface area (Å²) in [6.45, 7) is 5.14. The fourth-order valence-corrected chi connectivity index (χ4v) is 8.64. The molecule has 0 radical (unpaired) electrons. The minimum atomic E-state index is 0.0160. The fourth-order valence-electron chi connectivity index (χ4n) is 8.64. The molecule has 1 aliphatic heterocycles. The Kier molecular flexibility index (Phi) is 26.6. The van der Waals surface area contributed by atoms with Crippen LogP contribution in [0.15, 0.2) is 0 Å². The van der Waals surface area contributed by atoms with Gasteiger partial charge in [-0.3, -0.25) is 9.59 Å². The van der Waals surface area contributed by atoms with E-state index in [9.17, 15) is 9.59 Å².